The molecule has 1 amide bonds. The van der Waals surface area contributed by atoms with Gasteiger partial charge in [0.05, 0.1) is 18.8 Å². The molecule has 0 spiro atoms. The maximum atomic E-state index is 14.0. The number of halogens is 7. The lowest BCUT2D eigenvalue weighted by Gasteiger charge is -2.24. The van der Waals surface area contributed by atoms with Crippen molar-refractivity contribution >= 4 is 22.6 Å². The fourth-order valence-corrected chi connectivity index (χ4v) is 5.47. The molecule has 1 heterocycles. The summed E-state index contributed by atoms with van der Waals surface area (Å²) >= 11 is 0. The minimum atomic E-state index is -3.02. The molecule has 214 valence electrons. The number of benzene rings is 2. The van der Waals surface area contributed by atoms with Crippen molar-refractivity contribution in [1.82, 2.24) is 9.71 Å². The number of hydrogen-bond acceptors (Lipinski definition) is 3. The first-order chi connectivity index (χ1) is 19.1. The number of alkyl halides is 2. The smallest absolute Gasteiger partial charge is 0.263 e. The average Bonchev–Trinajstić information content (AvgIpc) is 2.97. The Morgan fingerprint density at radius 3 is 2.20 bits per heavy atom. The number of pyridine rings is 1. The van der Waals surface area contributed by atoms with Gasteiger partial charge in [-0.1, -0.05) is 37.5 Å². The first-order valence-electron chi connectivity index (χ1n) is 12.4. The van der Waals surface area contributed by atoms with Gasteiger partial charge in [0.25, 0.3) is 6.43 Å². The minimum absolute atomic E-state index is 0.0322. The van der Waals surface area contributed by atoms with Crippen molar-refractivity contribution in [2.75, 3.05) is 11.4 Å². The summed E-state index contributed by atoms with van der Waals surface area (Å²) in [5.74, 6) is -12.1. The second-order valence-corrected chi connectivity index (χ2v) is 10.5. The predicted octanol–water partition coefficient (Wildman–Crippen LogP) is 6.61. The second-order valence-electron chi connectivity index (χ2n) is 9.28. The van der Waals surface area contributed by atoms with Gasteiger partial charge in [-0.25, -0.2) is 39.7 Å². The molecule has 4 rings (SSSR count). The summed E-state index contributed by atoms with van der Waals surface area (Å²) in [5, 5.41) is 0. The number of amides is 1. The number of aromatic nitrogens is 1. The first kappa shape index (κ1) is 29.7. The normalized spacial score (nSPS) is 14.9. The monoisotopic (exact) mass is 587 g/mol. The van der Waals surface area contributed by atoms with Gasteiger partial charge >= 0.3 is 0 Å². The Kier molecular flexibility index (Phi) is 9.56. The number of hydrogen-bond donors (Lipinski definition) is 1. The molecular formula is C27H24F7N3O2S. The Balaban J connectivity index is 1.56. The van der Waals surface area contributed by atoms with Crippen molar-refractivity contribution in [2.24, 2.45) is 0 Å². The third-order valence-electron chi connectivity index (χ3n) is 6.69. The van der Waals surface area contributed by atoms with E-state index in [1.54, 1.807) is 12.3 Å². The second kappa shape index (κ2) is 12.9. The van der Waals surface area contributed by atoms with E-state index in [0.717, 1.165) is 48.3 Å². The molecule has 1 fully saturated rings. The molecule has 1 aliphatic rings. The summed E-state index contributed by atoms with van der Waals surface area (Å²) in [6.07, 6.45) is 4.35. The fraction of sp³-hybridized carbons (Fsp3) is 0.333. The van der Waals surface area contributed by atoms with Gasteiger partial charge in [0.1, 0.15) is 15.9 Å². The van der Waals surface area contributed by atoms with Gasteiger partial charge in [0.15, 0.2) is 23.3 Å². The van der Waals surface area contributed by atoms with E-state index in [1.807, 2.05) is 10.8 Å². The van der Waals surface area contributed by atoms with Gasteiger partial charge in [-0.15, -0.1) is 0 Å². The van der Waals surface area contributed by atoms with E-state index in [1.165, 1.54) is 18.6 Å². The molecule has 40 heavy (non-hydrogen) atoms. The summed E-state index contributed by atoms with van der Waals surface area (Å²) < 4.78 is 110. The summed E-state index contributed by atoms with van der Waals surface area (Å²) in [6, 6.07) is 8.48. The summed E-state index contributed by atoms with van der Waals surface area (Å²) in [4.78, 5) is 17.0. The van der Waals surface area contributed by atoms with Gasteiger partial charge in [-0.3, -0.25) is 9.78 Å². The SMILES string of the molecule is O=C(CNS(=O)c1c(F)c(F)c(F)c(F)c1F)N(Cc1ccc(C2CCCCC2)cn1)c1cccc(C(F)F)c1. The van der Waals surface area contributed by atoms with Crippen LogP contribution in [0.25, 0.3) is 0 Å². The van der Waals surface area contributed by atoms with Gasteiger partial charge < -0.3 is 4.90 Å². The van der Waals surface area contributed by atoms with E-state index in [9.17, 15) is 39.7 Å². The third-order valence-corrected chi connectivity index (χ3v) is 7.82. The predicted molar refractivity (Wildman–Crippen MR) is 133 cm³/mol. The maximum absolute atomic E-state index is 14.0. The molecule has 0 bridgehead atoms. The van der Waals surface area contributed by atoms with E-state index < -0.39 is 63.8 Å². The zero-order chi connectivity index (χ0) is 29.0. The van der Waals surface area contributed by atoms with Crippen molar-refractivity contribution in [1.29, 1.82) is 0 Å². The van der Waals surface area contributed by atoms with Crippen LogP contribution in [0.2, 0.25) is 0 Å². The van der Waals surface area contributed by atoms with E-state index in [2.05, 4.69) is 4.98 Å². The zero-order valence-electron chi connectivity index (χ0n) is 20.9. The van der Waals surface area contributed by atoms with E-state index >= 15 is 0 Å². The van der Waals surface area contributed by atoms with Crippen molar-refractivity contribution in [2.45, 2.75) is 55.9 Å². The highest BCUT2D eigenvalue weighted by molar-refractivity contribution is 7.83. The molecule has 1 atom stereocenters. The van der Waals surface area contributed by atoms with Crippen molar-refractivity contribution in [3.63, 3.8) is 0 Å². The van der Waals surface area contributed by atoms with Crippen LogP contribution in [-0.2, 0) is 22.3 Å². The van der Waals surface area contributed by atoms with Gasteiger partial charge in [-0.05, 0) is 42.5 Å². The zero-order valence-corrected chi connectivity index (χ0v) is 21.7. The summed E-state index contributed by atoms with van der Waals surface area (Å²) in [6.45, 7) is -1.10. The van der Waals surface area contributed by atoms with Crippen LogP contribution in [0.5, 0.6) is 0 Å². The molecule has 1 aromatic heterocycles. The molecule has 2 aromatic carbocycles. The topological polar surface area (TPSA) is 62.3 Å². The Morgan fingerprint density at radius 1 is 0.950 bits per heavy atom. The average molecular weight is 588 g/mol. The maximum Gasteiger partial charge on any atom is 0.263 e. The molecule has 13 heteroatoms. The minimum Gasteiger partial charge on any atom is -0.305 e. The highest BCUT2D eigenvalue weighted by atomic mass is 32.2. The van der Waals surface area contributed by atoms with E-state index in [-0.39, 0.29) is 17.8 Å². The van der Waals surface area contributed by atoms with Crippen molar-refractivity contribution in [3.8, 4) is 0 Å². The van der Waals surface area contributed by atoms with E-state index in [4.69, 9.17) is 0 Å². The fourth-order valence-electron chi connectivity index (χ4n) is 4.56. The third kappa shape index (κ3) is 6.52. The molecule has 5 nitrogen and oxygen atoms in total. The quantitative estimate of drug-likeness (QED) is 0.174. The number of carbonyl (C=O) groups excluding carboxylic acids is 1. The highest BCUT2D eigenvalue weighted by Crippen LogP contribution is 2.32. The van der Waals surface area contributed by atoms with Crippen LogP contribution >= 0.6 is 0 Å². The molecule has 1 N–H and O–H groups in total. The van der Waals surface area contributed by atoms with Crippen molar-refractivity contribution in [3.05, 3.63) is 88.5 Å². The van der Waals surface area contributed by atoms with Crippen LogP contribution in [0.15, 0.2) is 47.5 Å². The lowest BCUT2D eigenvalue weighted by Crippen LogP contribution is -2.39. The molecule has 0 saturated heterocycles. The molecular weight excluding hydrogens is 563 g/mol. The van der Waals surface area contributed by atoms with Crippen LogP contribution in [0.4, 0.5) is 36.4 Å². The molecule has 3 aromatic rings. The Hall–Kier alpha value is -3.32. The Bertz CT molecular complexity index is 1370. The van der Waals surface area contributed by atoms with Crippen molar-refractivity contribution < 1.29 is 39.7 Å². The standard InChI is InChI=1S/C27H24F7N3O2S/c28-21-22(29)24(31)26(25(32)23(21)30)40(39)36-13-20(38)37(19-8-4-7-16(11-19)27(33)34)14-18-10-9-17(12-35-18)15-5-2-1-3-6-15/h4,7-12,15,27,36H,1-3,5-6,13-14H2. The lowest BCUT2D eigenvalue weighted by molar-refractivity contribution is -0.117. The van der Waals surface area contributed by atoms with Crippen LogP contribution in [-0.4, -0.2) is 21.6 Å². The summed E-state index contributed by atoms with van der Waals surface area (Å²) in [7, 11) is -3.02. The molecule has 1 unspecified atom stereocenters. The first-order valence-corrected chi connectivity index (χ1v) is 13.5. The summed E-state index contributed by atoms with van der Waals surface area (Å²) in [5.41, 5.74) is 1.09. The molecule has 1 aliphatic carbocycles. The number of anilines is 1. The number of nitrogens with zero attached hydrogens (tertiary/aromatic N) is 2. The van der Waals surface area contributed by atoms with Gasteiger partial charge in [0.2, 0.25) is 11.7 Å². The highest BCUT2D eigenvalue weighted by Gasteiger charge is 2.30. The Labute approximate surface area is 228 Å². The molecule has 1 saturated carbocycles. The van der Waals surface area contributed by atoms with E-state index in [0.29, 0.717) is 11.6 Å². The number of rotatable bonds is 9. The largest absolute Gasteiger partial charge is 0.305 e. The Morgan fingerprint density at radius 2 is 1.60 bits per heavy atom. The molecule has 0 aliphatic heterocycles. The molecule has 0 radical (unpaired) electrons. The lowest BCUT2D eigenvalue weighted by atomic mass is 9.85. The number of nitrogens with one attached hydrogen (secondary N) is 1. The van der Waals surface area contributed by atoms with Crippen LogP contribution in [0.1, 0.15) is 61.3 Å². The van der Waals surface area contributed by atoms with Crippen LogP contribution < -0.4 is 9.62 Å². The van der Waals surface area contributed by atoms with Gasteiger partial charge in [-0.2, -0.15) is 0 Å². The van der Waals surface area contributed by atoms with Gasteiger partial charge in [0, 0.05) is 17.4 Å². The van der Waals surface area contributed by atoms with Crippen LogP contribution in [0, 0.1) is 29.1 Å². The van der Waals surface area contributed by atoms with Crippen LogP contribution in [0.3, 0.4) is 0 Å². The number of carbonyl (C=O) groups is 1.